The fourth-order valence-corrected chi connectivity index (χ4v) is 10.1. The minimum Gasteiger partial charge on any atom is -0.309 e. The second kappa shape index (κ2) is 11.8. The first-order chi connectivity index (χ1) is 24.3. The van der Waals surface area contributed by atoms with Crippen molar-refractivity contribution in [3.63, 3.8) is 0 Å². The Labute approximate surface area is 294 Å². The molecule has 7 aromatic rings. The molecule has 0 saturated heterocycles. The number of aryl methyl sites for hydroxylation is 2. The lowest BCUT2D eigenvalue weighted by Crippen LogP contribution is -2.09. The lowest BCUT2D eigenvalue weighted by molar-refractivity contribution is 0.934. The fraction of sp³-hybridized carbons (Fsp3) is 0.0909. The molecule has 0 fully saturated rings. The molecule has 0 radical (unpaired) electrons. The van der Waals surface area contributed by atoms with Crippen LogP contribution < -0.4 is 0 Å². The Kier molecular flexibility index (Phi) is 6.95. The van der Waals surface area contributed by atoms with E-state index in [1.54, 1.807) is 0 Å². The molecule has 3 nitrogen and oxygen atoms in total. The van der Waals surface area contributed by atoms with Crippen LogP contribution in [0.2, 0.25) is 0 Å². The van der Waals surface area contributed by atoms with Gasteiger partial charge in [0.2, 0.25) is 0 Å². The second-order valence-corrected chi connectivity index (χ2v) is 15.2. The molecule has 1 atom stereocenters. The second-order valence-electron chi connectivity index (χ2n) is 12.8. The highest BCUT2D eigenvalue weighted by Crippen LogP contribution is 2.52. The number of rotatable bonds is 4. The highest BCUT2D eigenvalue weighted by Gasteiger charge is 2.30. The third-order valence-corrected chi connectivity index (χ3v) is 12.7. The van der Waals surface area contributed by atoms with E-state index in [0.717, 1.165) is 58.9 Å². The molecule has 10 rings (SSSR count). The molecular formula is C44H31N3S2. The standard InChI is InChI=1S/C44H31N3S2/c1-3-13-29(14-4-1)36-26-37(46-44(45-36)30-15-5-2-6-16-30)31-17-11-18-32(24-31)47-38-27-42-41(48-39-20-9-10-21-40(39)49-42)25-35(38)34-23-22-28-12-7-8-19-33(28)43(34)47/h1-20,24-27,40H,21-23H2. The van der Waals surface area contributed by atoms with Crippen molar-refractivity contribution >= 4 is 34.4 Å². The van der Waals surface area contributed by atoms with Gasteiger partial charge in [0.15, 0.2) is 5.82 Å². The Balaban J connectivity index is 1.18. The average Bonchev–Trinajstić information content (AvgIpc) is 3.50. The summed E-state index contributed by atoms with van der Waals surface area (Å²) < 4.78 is 2.53. The van der Waals surface area contributed by atoms with Crippen molar-refractivity contribution in [2.75, 3.05) is 0 Å². The van der Waals surface area contributed by atoms with Crippen molar-refractivity contribution in [2.45, 2.75) is 34.3 Å². The molecule has 2 aromatic heterocycles. The molecule has 0 N–H and O–H groups in total. The highest BCUT2D eigenvalue weighted by atomic mass is 32.2. The Morgan fingerprint density at radius 1 is 0.653 bits per heavy atom. The van der Waals surface area contributed by atoms with Crippen LogP contribution in [-0.2, 0) is 12.8 Å². The monoisotopic (exact) mass is 665 g/mol. The first kappa shape index (κ1) is 28.9. The number of nitrogens with zero attached hydrogens (tertiary/aromatic N) is 3. The zero-order chi connectivity index (χ0) is 32.3. The molecule has 5 aromatic carbocycles. The Bertz CT molecular complexity index is 2420. The van der Waals surface area contributed by atoms with Gasteiger partial charge in [0.25, 0.3) is 0 Å². The lowest BCUT2D eigenvalue weighted by atomic mass is 9.89. The van der Waals surface area contributed by atoms with Gasteiger partial charge in [-0.1, -0.05) is 127 Å². The van der Waals surface area contributed by atoms with Gasteiger partial charge >= 0.3 is 0 Å². The van der Waals surface area contributed by atoms with Crippen LogP contribution in [-0.4, -0.2) is 19.8 Å². The first-order valence-electron chi connectivity index (χ1n) is 16.9. The van der Waals surface area contributed by atoms with E-state index in [-0.39, 0.29) is 0 Å². The number of allylic oxidation sites excluding steroid dienone is 3. The van der Waals surface area contributed by atoms with E-state index in [1.807, 2.05) is 47.8 Å². The molecule has 234 valence electrons. The molecular weight excluding hydrogens is 635 g/mol. The van der Waals surface area contributed by atoms with Crippen LogP contribution in [0, 0.1) is 0 Å². The molecule has 49 heavy (non-hydrogen) atoms. The summed E-state index contributed by atoms with van der Waals surface area (Å²) in [5.41, 5.74) is 12.9. The van der Waals surface area contributed by atoms with E-state index < -0.39 is 0 Å². The summed E-state index contributed by atoms with van der Waals surface area (Å²) >= 11 is 3.98. The van der Waals surface area contributed by atoms with Crippen molar-refractivity contribution in [1.29, 1.82) is 0 Å². The van der Waals surface area contributed by atoms with Crippen molar-refractivity contribution in [3.05, 3.63) is 162 Å². The number of hydrogen-bond donors (Lipinski definition) is 0. The van der Waals surface area contributed by atoms with Gasteiger partial charge < -0.3 is 4.57 Å². The SMILES string of the molecule is C1=CCC2Sc3cc4c(cc3SC2=C1)c1c(n4-c2cccc(-c3cc(-c4ccccc4)nc(-c4ccccc4)n3)c2)-c2ccccc2CC1. The van der Waals surface area contributed by atoms with E-state index in [4.69, 9.17) is 9.97 Å². The normalized spacial score (nSPS) is 16.0. The van der Waals surface area contributed by atoms with Gasteiger partial charge in [-0.25, -0.2) is 9.97 Å². The minimum absolute atomic E-state index is 0.498. The summed E-state index contributed by atoms with van der Waals surface area (Å²) in [5, 5.41) is 1.87. The summed E-state index contributed by atoms with van der Waals surface area (Å²) in [6.07, 6.45) is 10.0. The average molecular weight is 666 g/mol. The molecule has 0 saturated carbocycles. The van der Waals surface area contributed by atoms with Gasteiger partial charge in [-0.3, -0.25) is 0 Å². The molecule has 5 heteroatoms. The van der Waals surface area contributed by atoms with Crippen LogP contribution >= 0.6 is 23.5 Å². The maximum absolute atomic E-state index is 5.17. The van der Waals surface area contributed by atoms with E-state index in [9.17, 15) is 0 Å². The predicted molar refractivity (Wildman–Crippen MR) is 205 cm³/mol. The molecule has 0 bridgehead atoms. The summed E-state index contributed by atoms with van der Waals surface area (Å²) in [6.45, 7) is 0. The van der Waals surface area contributed by atoms with Crippen LogP contribution in [0.25, 0.3) is 61.8 Å². The smallest absolute Gasteiger partial charge is 0.160 e. The van der Waals surface area contributed by atoms with Crippen molar-refractivity contribution in [2.24, 2.45) is 0 Å². The van der Waals surface area contributed by atoms with Crippen LogP contribution in [0.15, 0.2) is 160 Å². The third-order valence-electron chi connectivity index (χ3n) is 9.84. The molecule has 0 amide bonds. The maximum Gasteiger partial charge on any atom is 0.160 e. The van der Waals surface area contributed by atoms with Crippen molar-refractivity contribution < 1.29 is 0 Å². The predicted octanol–water partition coefficient (Wildman–Crippen LogP) is 11.6. The molecule has 3 heterocycles. The van der Waals surface area contributed by atoms with Crippen LogP contribution in [0.1, 0.15) is 17.5 Å². The summed E-state index contributed by atoms with van der Waals surface area (Å²) in [4.78, 5) is 14.4. The van der Waals surface area contributed by atoms with Crippen LogP contribution in [0.3, 0.4) is 0 Å². The number of benzene rings is 5. The third kappa shape index (κ3) is 4.99. The highest BCUT2D eigenvalue weighted by molar-refractivity contribution is 8.08. The van der Waals surface area contributed by atoms with Gasteiger partial charge in [-0.2, -0.15) is 0 Å². The summed E-state index contributed by atoms with van der Waals surface area (Å²) in [7, 11) is 0. The van der Waals surface area contributed by atoms with E-state index in [2.05, 4.69) is 126 Å². The fourth-order valence-electron chi connectivity index (χ4n) is 7.51. The van der Waals surface area contributed by atoms with Gasteiger partial charge in [0, 0.05) is 53.3 Å². The topological polar surface area (TPSA) is 30.7 Å². The van der Waals surface area contributed by atoms with E-state index in [0.29, 0.717) is 5.25 Å². The number of fused-ring (bicyclic) bond motifs is 7. The Hall–Kier alpha value is -5.10. The maximum atomic E-state index is 5.17. The zero-order valence-corrected chi connectivity index (χ0v) is 28.3. The largest absolute Gasteiger partial charge is 0.309 e. The summed E-state index contributed by atoms with van der Waals surface area (Å²) in [5.74, 6) is 0.729. The molecule has 0 spiro atoms. The molecule has 1 aliphatic heterocycles. The Morgan fingerprint density at radius 2 is 1.41 bits per heavy atom. The van der Waals surface area contributed by atoms with Gasteiger partial charge in [0.1, 0.15) is 0 Å². The van der Waals surface area contributed by atoms with Crippen molar-refractivity contribution in [1.82, 2.24) is 14.5 Å². The zero-order valence-electron chi connectivity index (χ0n) is 26.7. The number of thioether (sulfide) groups is 2. The van der Waals surface area contributed by atoms with Crippen LogP contribution in [0.4, 0.5) is 0 Å². The van der Waals surface area contributed by atoms with Crippen LogP contribution in [0.5, 0.6) is 0 Å². The van der Waals surface area contributed by atoms with E-state index in [1.165, 1.54) is 48.0 Å². The molecule has 1 unspecified atom stereocenters. The molecule has 3 aliphatic rings. The summed E-state index contributed by atoms with van der Waals surface area (Å²) in [6, 6.07) is 45.7. The molecule has 2 aliphatic carbocycles. The van der Waals surface area contributed by atoms with Gasteiger partial charge in [-0.05, 0) is 60.7 Å². The quantitative estimate of drug-likeness (QED) is 0.187. The Morgan fingerprint density at radius 3 is 2.27 bits per heavy atom. The number of hydrogen-bond acceptors (Lipinski definition) is 4. The first-order valence-corrected chi connectivity index (χ1v) is 18.6. The number of aromatic nitrogens is 3. The van der Waals surface area contributed by atoms with Crippen molar-refractivity contribution in [3.8, 4) is 50.8 Å². The lowest BCUT2D eigenvalue weighted by Gasteiger charge is -2.27. The van der Waals surface area contributed by atoms with Gasteiger partial charge in [0.05, 0.1) is 22.6 Å². The van der Waals surface area contributed by atoms with Gasteiger partial charge in [-0.15, -0.1) is 11.8 Å². The van der Waals surface area contributed by atoms with E-state index >= 15 is 0 Å². The minimum atomic E-state index is 0.498.